The maximum Gasteiger partial charge on any atom is 0.115 e. The van der Waals surface area contributed by atoms with Crippen molar-refractivity contribution < 1.29 is 0 Å². The molecule has 29 aromatic rings. The van der Waals surface area contributed by atoms with Gasteiger partial charge in [0.05, 0.1) is 27.6 Å². The van der Waals surface area contributed by atoms with Gasteiger partial charge in [-0.2, -0.15) is 0 Å². The van der Waals surface area contributed by atoms with Crippen LogP contribution in [0, 0.1) is 0 Å². The summed E-state index contributed by atoms with van der Waals surface area (Å²) < 4.78 is 0. The molecule has 9 nitrogen and oxygen atoms in total. The largest absolute Gasteiger partial charge is 0.264 e. The average Bonchev–Trinajstić information content (AvgIpc) is 0.760. The smallest absolute Gasteiger partial charge is 0.115 e. The minimum atomic E-state index is 1.01. The maximum absolute atomic E-state index is 4.77. The minimum absolute atomic E-state index is 1.01. The van der Waals surface area contributed by atoms with Gasteiger partial charge in [-0.1, -0.05) is 364 Å². The predicted molar refractivity (Wildman–Crippen MR) is 596 cm³/mol. The quantitative estimate of drug-likeness (QED) is 0.137. The standard InChI is InChI=1S/C29H19N.C28H18N2.C27H17N3.C27H17N.C22H14N2/c1-2-7-20(8-3-1)21-12-14-23(15-13-21)27-19-28-24-10-5-4-9-22(24)16-17-25(28)26-11-6-18-30-29(26)27;1-2-7-23-20(5-1)13-14-24-25-8-4-16-30-28(25)26(17-27(23)24)21-11-9-19(10-12-21)22-6-3-15-29-18-22;1-2-5-22-19(4-1)11-12-23-24-6-3-13-30-27(24)25(14-26(22)23)20-9-7-18(8-10-20)21-15-28-17-29-16-21;1-2-8-20-16-21(12-11-18(20)6-1)25-17-26-22-9-4-3-7-19(22)13-14-23(26)24-10-5-15-28-27(24)25;1-2-7-17-15(5-1)9-10-18-19-8-4-12-24-22(19)20(13-21(17)18)16-6-3-11-23-14-16/h1-19H;1-18H;1-17H;1-17H;1-14H. The Morgan fingerprint density at radius 2 is 0.345 bits per heavy atom. The lowest BCUT2D eigenvalue weighted by molar-refractivity contribution is 1.17. The maximum atomic E-state index is 4.77. The number of hydrogen-bond acceptors (Lipinski definition) is 9. The highest BCUT2D eigenvalue weighted by Crippen LogP contribution is 2.45. The van der Waals surface area contributed by atoms with E-state index in [9.17, 15) is 0 Å². The number of hydrogen-bond donors (Lipinski definition) is 0. The van der Waals surface area contributed by atoms with Crippen molar-refractivity contribution in [3.63, 3.8) is 0 Å². The van der Waals surface area contributed by atoms with Crippen molar-refractivity contribution in [2.75, 3.05) is 0 Å². The van der Waals surface area contributed by atoms with E-state index in [-0.39, 0.29) is 0 Å². The number of rotatable bonds is 8. The van der Waals surface area contributed by atoms with Crippen LogP contribution in [0.3, 0.4) is 0 Å². The van der Waals surface area contributed by atoms with Crippen LogP contribution in [-0.2, 0) is 0 Å². The SMILES string of the molecule is c1ccc(-c2ccc(-c3cc4c5ccccc5ccc4c4cccnc34)cc2)cc1.c1ccc2c(c1)ccc1c3cccnc3c(-c3ccc(-c4cncnc4)cc3)cc21.c1ccc2cc(-c3cc4c5ccccc5ccc4c4cccnc34)ccc2c1.c1cncc(-c2cc3c4ccccc4ccc3c3cccnc23)c1.c1cncc(-c2ccc(-c3cc4c5ccccc5ccc4c4cccnc34)cc2)c1. The zero-order valence-corrected chi connectivity index (χ0v) is 77.1. The third-order valence-electron chi connectivity index (χ3n) is 27.7. The van der Waals surface area contributed by atoms with Gasteiger partial charge in [0, 0.05) is 134 Å². The summed E-state index contributed by atoms with van der Waals surface area (Å²) in [5.41, 5.74) is 23.6. The van der Waals surface area contributed by atoms with Gasteiger partial charge in [-0.25, -0.2) is 9.97 Å². The molecule has 0 saturated carbocycles. The molecule has 0 aliphatic heterocycles. The van der Waals surface area contributed by atoms with Crippen LogP contribution < -0.4 is 0 Å². The number of benzene rings is 21. The predicted octanol–water partition coefficient (Wildman–Crippen LogP) is 34.8. The van der Waals surface area contributed by atoms with Gasteiger partial charge < -0.3 is 0 Å². The fourth-order valence-corrected chi connectivity index (χ4v) is 20.8. The van der Waals surface area contributed by atoms with E-state index in [1.165, 1.54) is 184 Å². The molecule has 8 heterocycles. The molecule has 142 heavy (non-hydrogen) atoms. The Labute approximate surface area is 818 Å². The summed E-state index contributed by atoms with van der Waals surface area (Å²) in [6.45, 7) is 0. The van der Waals surface area contributed by atoms with Crippen molar-refractivity contribution in [3.05, 3.63) is 517 Å². The van der Waals surface area contributed by atoms with Crippen LogP contribution in [-0.4, -0.2) is 44.9 Å². The summed E-state index contributed by atoms with van der Waals surface area (Å²) in [7, 11) is 0. The van der Waals surface area contributed by atoms with E-state index in [1.807, 2.05) is 98.2 Å². The molecule has 0 bridgehead atoms. The number of nitrogens with zero attached hydrogens (tertiary/aromatic N) is 9. The fourth-order valence-electron chi connectivity index (χ4n) is 20.8. The van der Waals surface area contributed by atoms with Gasteiger partial charge in [0.2, 0.25) is 0 Å². The van der Waals surface area contributed by atoms with Crippen molar-refractivity contribution >= 4 is 173 Å². The molecule has 0 amide bonds. The highest BCUT2D eigenvalue weighted by molar-refractivity contribution is 6.26. The topological polar surface area (TPSA) is 116 Å². The second-order valence-electron chi connectivity index (χ2n) is 35.8. The van der Waals surface area contributed by atoms with Crippen LogP contribution in [0.5, 0.6) is 0 Å². The van der Waals surface area contributed by atoms with Crippen molar-refractivity contribution in [1.29, 1.82) is 0 Å². The molecule has 0 saturated heterocycles. The molecule has 662 valence electrons. The highest BCUT2D eigenvalue weighted by atomic mass is 14.8. The first-order chi connectivity index (χ1) is 70.4. The van der Waals surface area contributed by atoms with Crippen LogP contribution in [0.25, 0.3) is 262 Å². The van der Waals surface area contributed by atoms with Gasteiger partial charge >= 0.3 is 0 Å². The summed E-state index contributed by atoms with van der Waals surface area (Å²) in [5.74, 6) is 0. The summed E-state index contributed by atoms with van der Waals surface area (Å²) in [5, 5.41) is 33.7. The normalized spacial score (nSPS) is 11.4. The van der Waals surface area contributed by atoms with Gasteiger partial charge in [-0.3, -0.25) is 34.9 Å². The molecule has 0 spiro atoms. The average molecular weight is 1810 g/mol. The molecule has 21 aromatic carbocycles. The molecule has 0 aliphatic rings. The molecule has 0 atom stereocenters. The Morgan fingerprint density at radius 1 is 0.113 bits per heavy atom. The number of aromatic nitrogens is 9. The zero-order valence-electron chi connectivity index (χ0n) is 77.1. The van der Waals surface area contributed by atoms with Crippen molar-refractivity contribution in [2.24, 2.45) is 0 Å². The Balaban J connectivity index is 0.0000000935. The van der Waals surface area contributed by atoms with E-state index in [1.54, 1.807) is 18.7 Å². The van der Waals surface area contributed by atoms with E-state index >= 15 is 0 Å². The van der Waals surface area contributed by atoms with E-state index in [0.717, 1.165) is 77.7 Å². The second kappa shape index (κ2) is 37.2. The molecule has 29 rings (SSSR count). The molecule has 8 aromatic heterocycles. The molecular weight excluding hydrogens is 1720 g/mol. The molecule has 0 N–H and O–H groups in total. The zero-order chi connectivity index (χ0) is 94.2. The lowest BCUT2D eigenvalue weighted by Crippen LogP contribution is -1.89. The van der Waals surface area contributed by atoms with Gasteiger partial charge in [0.1, 0.15) is 6.33 Å². The second-order valence-corrected chi connectivity index (χ2v) is 35.8. The Kier molecular flexibility index (Phi) is 22.2. The van der Waals surface area contributed by atoms with Gasteiger partial charge in [-0.15, -0.1) is 0 Å². The van der Waals surface area contributed by atoms with Crippen LogP contribution >= 0.6 is 0 Å². The van der Waals surface area contributed by atoms with Gasteiger partial charge in [-0.05, 0) is 247 Å². The summed E-state index contributed by atoms with van der Waals surface area (Å²) >= 11 is 0. The molecule has 0 fully saturated rings. The molecular formula is C133H85N9. The Bertz CT molecular complexity index is 9340. The third kappa shape index (κ3) is 16.0. The van der Waals surface area contributed by atoms with Crippen LogP contribution in [0.4, 0.5) is 0 Å². The monoisotopic (exact) mass is 1810 g/mol. The summed E-state index contributed by atoms with van der Waals surface area (Å²) in [6.07, 6.45) is 22.0. The van der Waals surface area contributed by atoms with Crippen LogP contribution in [0.15, 0.2) is 517 Å². The van der Waals surface area contributed by atoms with Gasteiger partial charge in [0.25, 0.3) is 0 Å². The van der Waals surface area contributed by atoms with E-state index in [4.69, 9.17) is 19.9 Å². The number of fused-ring (bicyclic) bond motifs is 26. The minimum Gasteiger partial charge on any atom is -0.264 e. The Hall–Kier alpha value is -19.1. The fraction of sp³-hybridized carbons (Fsp3) is 0. The highest BCUT2D eigenvalue weighted by Gasteiger charge is 2.20. The van der Waals surface area contributed by atoms with Crippen molar-refractivity contribution in [1.82, 2.24) is 44.9 Å². The first kappa shape index (κ1) is 84.6. The number of pyridine rings is 7. The first-order valence-electron chi connectivity index (χ1n) is 47.8. The molecule has 0 unspecified atom stereocenters. The molecule has 9 heteroatoms. The molecule has 0 radical (unpaired) electrons. The first-order valence-corrected chi connectivity index (χ1v) is 47.8. The Morgan fingerprint density at radius 3 is 0.683 bits per heavy atom. The van der Waals surface area contributed by atoms with E-state index in [2.05, 4.69) is 425 Å². The molecule has 0 aliphatic carbocycles. The van der Waals surface area contributed by atoms with Crippen molar-refractivity contribution in [2.45, 2.75) is 0 Å². The third-order valence-corrected chi connectivity index (χ3v) is 27.7. The lowest BCUT2D eigenvalue weighted by Gasteiger charge is -2.12. The summed E-state index contributed by atoms with van der Waals surface area (Å²) in [4.78, 5) is 40.5. The van der Waals surface area contributed by atoms with Crippen LogP contribution in [0.2, 0.25) is 0 Å². The summed E-state index contributed by atoms with van der Waals surface area (Å²) in [6, 6.07) is 157. The van der Waals surface area contributed by atoms with E-state index < -0.39 is 0 Å². The lowest BCUT2D eigenvalue weighted by atomic mass is 9.92. The van der Waals surface area contributed by atoms with Crippen molar-refractivity contribution in [3.8, 4) is 89.0 Å². The van der Waals surface area contributed by atoms with Gasteiger partial charge in [0.15, 0.2) is 0 Å². The van der Waals surface area contributed by atoms with E-state index in [0.29, 0.717) is 0 Å². The van der Waals surface area contributed by atoms with Crippen LogP contribution in [0.1, 0.15) is 0 Å².